The number of nitrogens with one attached hydrogen (secondary N) is 1. The Bertz CT molecular complexity index is 925. The molecule has 0 heterocycles. The number of rotatable bonds is 56. The zero-order valence-corrected chi connectivity index (χ0v) is 44.4. The molecule has 0 spiro atoms. The van der Waals surface area contributed by atoms with Crippen molar-refractivity contribution in [2.45, 2.75) is 360 Å². The summed E-state index contributed by atoms with van der Waals surface area (Å²) in [4.78, 5) is 12.5. The van der Waals surface area contributed by atoms with Gasteiger partial charge in [-0.1, -0.05) is 309 Å². The molecule has 0 bridgehead atoms. The Balaban J connectivity index is 3.41. The summed E-state index contributed by atoms with van der Waals surface area (Å²) in [6.07, 6.45) is 69.8. The molecule has 65 heavy (non-hydrogen) atoms. The maximum Gasteiger partial charge on any atom is 0.222 e. The molecule has 3 unspecified atom stereocenters. The van der Waals surface area contributed by atoms with Crippen LogP contribution in [0, 0.1) is 0 Å². The lowest BCUT2D eigenvalue weighted by molar-refractivity contribution is -0.125. The Kier molecular flexibility index (Phi) is 54.9. The van der Waals surface area contributed by atoms with E-state index in [1.165, 1.54) is 283 Å². The number of allylic oxidation sites excluding steroid dienone is 2. The molecule has 0 aliphatic heterocycles. The van der Waals surface area contributed by atoms with E-state index in [2.05, 4.69) is 31.3 Å². The topological polar surface area (TPSA) is 89.8 Å². The number of aliphatic hydroxyl groups is 3. The first kappa shape index (κ1) is 64.1. The van der Waals surface area contributed by atoms with Gasteiger partial charge in [-0.25, -0.2) is 0 Å². The van der Waals surface area contributed by atoms with Gasteiger partial charge >= 0.3 is 0 Å². The second-order valence-electron chi connectivity index (χ2n) is 21.0. The van der Waals surface area contributed by atoms with Crippen LogP contribution in [0.4, 0.5) is 0 Å². The molecule has 0 aromatic rings. The molecular weight excluding hydrogens is 799 g/mol. The van der Waals surface area contributed by atoms with E-state index in [0.29, 0.717) is 12.8 Å². The van der Waals surface area contributed by atoms with E-state index >= 15 is 0 Å². The Labute approximate surface area is 408 Å². The number of amides is 1. The fourth-order valence-electron chi connectivity index (χ4n) is 9.76. The lowest BCUT2D eigenvalue weighted by Gasteiger charge is -2.23. The van der Waals surface area contributed by atoms with Gasteiger partial charge in [0.1, 0.15) is 0 Å². The summed E-state index contributed by atoms with van der Waals surface area (Å²) in [6.45, 7) is 4.29. The predicted molar refractivity (Wildman–Crippen MR) is 287 cm³/mol. The first-order chi connectivity index (χ1) is 32.0. The highest BCUT2D eigenvalue weighted by molar-refractivity contribution is 5.76. The van der Waals surface area contributed by atoms with Crippen LogP contribution in [-0.4, -0.2) is 46.1 Å². The van der Waals surface area contributed by atoms with Crippen LogP contribution >= 0.6 is 0 Å². The highest BCUT2D eigenvalue weighted by Gasteiger charge is 2.21. The summed E-state index contributed by atoms with van der Waals surface area (Å²) in [7, 11) is 0. The molecule has 0 radical (unpaired) electrons. The lowest BCUT2D eigenvalue weighted by Crippen LogP contribution is -2.46. The van der Waals surface area contributed by atoms with Gasteiger partial charge in [-0.2, -0.15) is 0 Å². The summed E-state index contributed by atoms with van der Waals surface area (Å²) in [6, 6.07) is -0.655. The van der Waals surface area contributed by atoms with E-state index < -0.39 is 18.2 Å². The van der Waals surface area contributed by atoms with Crippen LogP contribution in [-0.2, 0) is 4.79 Å². The highest BCUT2D eigenvalue weighted by Crippen LogP contribution is 2.18. The third-order valence-corrected chi connectivity index (χ3v) is 14.3. The molecule has 0 aromatic carbocycles. The van der Waals surface area contributed by atoms with Crippen LogP contribution in [0.25, 0.3) is 0 Å². The van der Waals surface area contributed by atoms with Gasteiger partial charge in [-0.3, -0.25) is 4.79 Å². The van der Waals surface area contributed by atoms with Crippen LogP contribution in [0.15, 0.2) is 12.2 Å². The molecule has 0 aliphatic carbocycles. The molecule has 0 fully saturated rings. The average Bonchev–Trinajstić information content (AvgIpc) is 3.30. The minimum absolute atomic E-state index is 0.0409. The van der Waals surface area contributed by atoms with Gasteiger partial charge < -0.3 is 20.6 Å². The normalized spacial score (nSPS) is 13.2. The van der Waals surface area contributed by atoms with E-state index in [9.17, 15) is 20.1 Å². The molecule has 3 atom stereocenters. The molecule has 0 saturated heterocycles. The standard InChI is InChI=1S/C60H119NO4/c1-3-5-7-9-11-13-15-17-18-19-20-21-22-23-24-25-26-27-28-29-30-31-32-33-34-35-36-37-38-39-40-42-43-45-47-49-51-53-57(63)55-60(65)61-58(56-62)59(64)54-52-50-48-46-44-41-16-14-12-10-8-6-4-2/h29-30,57-59,62-64H,3-28,31-56H2,1-2H3,(H,61,65)/b30-29-. The van der Waals surface area contributed by atoms with Crippen molar-refractivity contribution in [2.24, 2.45) is 0 Å². The summed E-state index contributed by atoms with van der Waals surface area (Å²) in [5.74, 6) is -0.278. The summed E-state index contributed by atoms with van der Waals surface area (Å²) in [5.41, 5.74) is 0. The fraction of sp³-hybridized carbons (Fsp3) is 0.950. The number of hydrogen-bond acceptors (Lipinski definition) is 4. The average molecular weight is 919 g/mol. The van der Waals surface area contributed by atoms with E-state index in [1.54, 1.807) is 0 Å². The minimum Gasteiger partial charge on any atom is -0.394 e. The summed E-state index contributed by atoms with van der Waals surface area (Å²) in [5, 5.41) is 33.5. The minimum atomic E-state index is -0.746. The van der Waals surface area contributed by atoms with Gasteiger partial charge in [0, 0.05) is 0 Å². The summed E-state index contributed by atoms with van der Waals surface area (Å²) >= 11 is 0. The quantitative estimate of drug-likeness (QED) is 0.0361. The molecule has 1 amide bonds. The van der Waals surface area contributed by atoms with Crippen molar-refractivity contribution >= 4 is 5.91 Å². The maximum absolute atomic E-state index is 12.5. The fourth-order valence-corrected chi connectivity index (χ4v) is 9.76. The molecule has 5 nitrogen and oxygen atoms in total. The molecule has 5 heteroatoms. The van der Waals surface area contributed by atoms with Gasteiger partial charge in [-0.15, -0.1) is 0 Å². The van der Waals surface area contributed by atoms with Gasteiger partial charge in [0.15, 0.2) is 0 Å². The molecule has 0 saturated carbocycles. The van der Waals surface area contributed by atoms with E-state index in [-0.39, 0.29) is 18.9 Å². The lowest BCUT2D eigenvalue weighted by atomic mass is 10.0. The van der Waals surface area contributed by atoms with Gasteiger partial charge in [0.25, 0.3) is 0 Å². The number of aliphatic hydroxyl groups excluding tert-OH is 3. The van der Waals surface area contributed by atoms with Crippen LogP contribution in [0.3, 0.4) is 0 Å². The molecule has 388 valence electrons. The van der Waals surface area contributed by atoms with Gasteiger partial charge in [0.05, 0.1) is 31.3 Å². The maximum atomic E-state index is 12.5. The first-order valence-electron chi connectivity index (χ1n) is 30.0. The Hall–Kier alpha value is -0.910. The van der Waals surface area contributed by atoms with E-state index in [4.69, 9.17) is 0 Å². The van der Waals surface area contributed by atoms with Crippen molar-refractivity contribution in [3.05, 3.63) is 12.2 Å². The van der Waals surface area contributed by atoms with Crippen molar-refractivity contribution in [1.82, 2.24) is 5.32 Å². The third-order valence-electron chi connectivity index (χ3n) is 14.3. The third kappa shape index (κ3) is 52.3. The predicted octanol–water partition coefficient (Wildman–Crippen LogP) is 18.7. The number of unbranched alkanes of at least 4 members (excludes halogenated alkanes) is 45. The van der Waals surface area contributed by atoms with Crippen LogP contribution in [0.5, 0.6) is 0 Å². The van der Waals surface area contributed by atoms with Crippen LogP contribution < -0.4 is 5.32 Å². The monoisotopic (exact) mass is 918 g/mol. The van der Waals surface area contributed by atoms with Gasteiger partial charge in [-0.05, 0) is 38.5 Å². The smallest absolute Gasteiger partial charge is 0.222 e. The number of carbonyl (C=O) groups excluding carboxylic acids is 1. The van der Waals surface area contributed by atoms with Gasteiger partial charge in [0.2, 0.25) is 5.91 Å². The Morgan fingerprint density at radius 3 is 0.892 bits per heavy atom. The molecule has 4 N–H and O–H groups in total. The van der Waals surface area contributed by atoms with Crippen LogP contribution in [0.2, 0.25) is 0 Å². The Morgan fingerprint density at radius 2 is 0.615 bits per heavy atom. The largest absolute Gasteiger partial charge is 0.394 e. The molecule has 0 aliphatic rings. The zero-order chi connectivity index (χ0) is 47.2. The number of carbonyl (C=O) groups is 1. The van der Waals surface area contributed by atoms with Crippen molar-refractivity contribution < 1.29 is 20.1 Å². The summed E-state index contributed by atoms with van der Waals surface area (Å²) < 4.78 is 0. The zero-order valence-electron chi connectivity index (χ0n) is 44.4. The van der Waals surface area contributed by atoms with E-state index in [1.807, 2.05) is 0 Å². The van der Waals surface area contributed by atoms with Crippen molar-refractivity contribution in [2.75, 3.05) is 6.61 Å². The molecular formula is C60H119NO4. The molecule has 0 rings (SSSR count). The van der Waals surface area contributed by atoms with E-state index in [0.717, 1.165) is 25.7 Å². The molecule has 0 aromatic heterocycles. The second-order valence-corrected chi connectivity index (χ2v) is 21.0. The second kappa shape index (κ2) is 55.7. The van der Waals surface area contributed by atoms with Crippen molar-refractivity contribution in [3.8, 4) is 0 Å². The van der Waals surface area contributed by atoms with Crippen molar-refractivity contribution in [3.63, 3.8) is 0 Å². The Morgan fingerprint density at radius 1 is 0.369 bits per heavy atom. The number of hydrogen-bond donors (Lipinski definition) is 4. The van der Waals surface area contributed by atoms with Crippen molar-refractivity contribution in [1.29, 1.82) is 0 Å². The van der Waals surface area contributed by atoms with Crippen LogP contribution in [0.1, 0.15) is 341 Å². The first-order valence-corrected chi connectivity index (χ1v) is 30.0. The highest BCUT2D eigenvalue weighted by atomic mass is 16.3. The SMILES string of the molecule is CCCCCCCCCCCCCCCCCCCC/C=C\CCCCCCCCCCCCCCCCCC(O)CC(=O)NC(CO)C(O)CCCCCCCCCCCCCCC.